The smallest absolute Gasteiger partial charge is 0.273 e. The molecular formula is C12H12N4O2S. The van der Waals surface area contributed by atoms with Crippen molar-refractivity contribution in [3.63, 3.8) is 0 Å². The first-order valence-electron chi connectivity index (χ1n) is 5.94. The molecule has 1 aliphatic rings. The van der Waals surface area contributed by atoms with Crippen LogP contribution >= 0.6 is 11.3 Å². The zero-order valence-electron chi connectivity index (χ0n) is 10.1. The molecule has 3 rings (SSSR count). The summed E-state index contributed by atoms with van der Waals surface area (Å²) in [6.07, 6.45) is 3.49. The summed E-state index contributed by atoms with van der Waals surface area (Å²) in [5.41, 5.74) is 0.390. The van der Waals surface area contributed by atoms with Crippen LogP contribution in [0.15, 0.2) is 23.8 Å². The normalized spacial score (nSPS) is 18.8. The van der Waals surface area contributed by atoms with Gasteiger partial charge in [0.15, 0.2) is 10.8 Å². The minimum atomic E-state index is -0.417. The summed E-state index contributed by atoms with van der Waals surface area (Å²) in [5.74, 6) is 0.378. The molecule has 0 aliphatic carbocycles. The lowest BCUT2D eigenvalue weighted by molar-refractivity contribution is 0.0760. The van der Waals surface area contributed by atoms with Gasteiger partial charge in [0.25, 0.3) is 5.91 Å². The van der Waals surface area contributed by atoms with Crippen LogP contribution in [0.3, 0.4) is 0 Å². The van der Waals surface area contributed by atoms with E-state index in [-0.39, 0.29) is 5.91 Å². The van der Waals surface area contributed by atoms with Crippen LogP contribution in [-0.4, -0.2) is 50.1 Å². The number of aliphatic hydroxyl groups excluding tert-OH is 1. The molecule has 0 bridgehead atoms. The maximum absolute atomic E-state index is 12.2. The van der Waals surface area contributed by atoms with Crippen LogP contribution in [0.2, 0.25) is 0 Å². The first kappa shape index (κ1) is 12.2. The fraction of sp³-hybridized carbons (Fsp3) is 0.333. The number of aliphatic hydroxyl groups is 1. The first-order valence-corrected chi connectivity index (χ1v) is 6.82. The number of likely N-dealkylation sites (tertiary alicyclic amines) is 1. The molecule has 1 N–H and O–H groups in total. The van der Waals surface area contributed by atoms with Gasteiger partial charge in [-0.3, -0.25) is 4.79 Å². The van der Waals surface area contributed by atoms with Crippen molar-refractivity contribution in [2.24, 2.45) is 0 Å². The molecule has 1 fully saturated rings. The Morgan fingerprint density at radius 2 is 2.21 bits per heavy atom. The fourth-order valence-corrected chi connectivity index (χ4v) is 2.71. The Hall–Kier alpha value is -1.86. The highest BCUT2D eigenvalue weighted by molar-refractivity contribution is 7.13. The third-order valence-electron chi connectivity index (χ3n) is 2.93. The van der Waals surface area contributed by atoms with Gasteiger partial charge in [0.05, 0.1) is 6.10 Å². The lowest BCUT2D eigenvalue weighted by Gasteiger charge is -2.13. The largest absolute Gasteiger partial charge is 0.391 e. The van der Waals surface area contributed by atoms with Gasteiger partial charge in [0.2, 0.25) is 0 Å². The summed E-state index contributed by atoms with van der Waals surface area (Å²) in [6.45, 7) is 0.961. The van der Waals surface area contributed by atoms with E-state index in [9.17, 15) is 9.90 Å². The molecule has 0 spiro atoms. The van der Waals surface area contributed by atoms with E-state index in [1.165, 1.54) is 11.3 Å². The quantitative estimate of drug-likeness (QED) is 0.878. The molecule has 19 heavy (non-hydrogen) atoms. The summed E-state index contributed by atoms with van der Waals surface area (Å²) >= 11 is 1.34. The van der Waals surface area contributed by atoms with Gasteiger partial charge in [-0.15, -0.1) is 11.3 Å². The number of rotatable bonds is 2. The summed E-state index contributed by atoms with van der Waals surface area (Å²) in [5, 5.41) is 11.8. The highest BCUT2D eigenvalue weighted by Gasteiger charge is 2.27. The number of carbonyl (C=O) groups is 1. The summed E-state index contributed by atoms with van der Waals surface area (Å²) < 4.78 is 0. The van der Waals surface area contributed by atoms with E-state index in [0.717, 1.165) is 0 Å². The predicted molar refractivity (Wildman–Crippen MR) is 69.7 cm³/mol. The van der Waals surface area contributed by atoms with Crippen LogP contribution in [0, 0.1) is 0 Å². The SMILES string of the molecule is O=C(c1csc(-c2ncccn2)n1)N1CC[C@@H](O)C1. The van der Waals surface area contributed by atoms with Crippen molar-refractivity contribution in [1.29, 1.82) is 0 Å². The predicted octanol–water partition coefficient (Wildman–Crippen LogP) is 0.807. The molecule has 0 radical (unpaired) electrons. The van der Waals surface area contributed by atoms with E-state index in [1.54, 1.807) is 28.7 Å². The van der Waals surface area contributed by atoms with E-state index in [0.29, 0.717) is 36.0 Å². The summed E-state index contributed by atoms with van der Waals surface area (Å²) in [6, 6.07) is 1.73. The Labute approximate surface area is 113 Å². The number of amides is 1. The Bertz CT molecular complexity index is 586. The molecule has 2 aromatic rings. The zero-order chi connectivity index (χ0) is 13.2. The molecule has 6 nitrogen and oxygen atoms in total. The van der Waals surface area contributed by atoms with Crippen LogP contribution in [0.4, 0.5) is 0 Å². The van der Waals surface area contributed by atoms with E-state index in [2.05, 4.69) is 15.0 Å². The molecule has 1 saturated heterocycles. The van der Waals surface area contributed by atoms with Gasteiger partial charge in [-0.05, 0) is 12.5 Å². The number of carbonyl (C=O) groups excluding carboxylic acids is 1. The molecule has 1 amide bonds. The molecule has 0 saturated carbocycles. The molecule has 0 aromatic carbocycles. The second-order valence-corrected chi connectivity index (χ2v) is 5.16. The minimum absolute atomic E-state index is 0.144. The zero-order valence-corrected chi connectivity index (χ0v) is 10.9. The van der Waals surface area contributed by atoms with E-state index >= 15 is 0 Å². The number of hydrogen-bond acceptors (Lipinski definition) is 6. The van der Waals surface area contributed by atoms with Gasteiger partial charge in [-0.25, -0.2) is 15.0 Å². The number of hydrogen-bond donors (Lipinski definition) is 1. The second kappa shape index (κ2) is 5.02. The Balaban J connectivity index is 1.80. The fourth-order valence-electron chi connectivity index (χ4n) is 1.97. The highest BCUT2D eigenvalue weighted by atomic mass is 32.1. The average molecular weight is 276 g/mol. The van der Waals surface area contributed by atoms with Gasteiger partial charge < -0.3 is 10.0 Å². The van der Waals surface area contributed by atoms with Crippen molar-refractivity contribution in [2.75, 3.05) is 13.1 Å². The Morgan fingerprint density at radius 3 is 2.89 bits per heavy atom. The molecule has 2 aromatic heterocycles. The van der Waals surface area contributed by atoms with Crippen LogP contribution < -0.4 is 0 Å². The van der Waals surface area contributed by atoms with Gasteiger partial charge in [0, 0.05) is 30.9 Å². The van der Waals surface area contributed by atoms with Crippen molar-refractivity contribution in [1.82, 2.24) is 19.9 Å². The minimum Gasteiger partial charge on any atom is -0.391 e. The van der Waals surface area contributed by atoms with Crippen molar-refractivity contribution in [3.05, 3.63) is 29.5 Å². The van der Waals surface area contributed by atoms with Crippen molar-refractivity contribution < 1.29 is 9.90 Å². The van der Waals surface area contributed by atoms with Crippen molar-refractivity contribution in [3.8, 4) is 10.8 Å². The van der Waals surface area contributed by atoms with Gasteiger partial charge in [-0.1, -0.05) is 0 Å². The second-order valence-electron chi connectivity index (χ2n) is 4.30. The number of aromatic nitrogens is 3. The van der Waals surface area contributed by atoms with Crippen LogP contribution in [0.25, 0.3) is 10.8 Å². The number of β-amino-alcohol motifs (C(OH)–C–C–N with tert-alkyl or cyclic N) is 1. The maximum Gasteiger partial charge on any atom is 0.273 e. The topological polar surface area (TPSA) is 79.2 Å². The summed E-state index contributed by atoms with van der Waals surface area (Å²) in [4.78, 5) is 26.3. The Kier molecular flexibility index (Phi) is 3.22. The van der Waals surface area contributed by atoms with E-state index in [1.807, 2.05) is 0 Å². The number of thiazole rings is 1. The lowest BCUT2D eigenvalue weighted by Crippen LogP contribution is -2.29. The molecule has 98 valence electrons. The van der Waals surface area contributed by atoms with Gasteiger partial charge in [-0.2, -0.15) is 0 Å². The van der Waals surface area contributed by atoms with E-state index in [4.69, 9.17) is 0 Å². The molecule has 7 heteroatoms. The Morgan fingerprint density at radius 1 is 1.42 bits per heavy atom. The highest BCUT2D eigenvalue weighted by Crippen LogP contribution is 2.21. The lowest BCUT2D eigenvalue weighted by atomic mass is 10.3. The molecule has 3 heterocycles. The third kappa shape index (κ3) is 2.47. The third-order valence-corrected chi connectivity index (χ3v) is 3.77. The van der Waals surface area contributed by atoms with Crippen molar-refractivity contribution >= 4 is 17.2 Å². The molecular weight excluding hydrogens is 264 g/mol. The standard InChI is InChI=1S/C12H12N4O2S/c17-8-2-5-16(6-8)12(18)9-7-19-11(15-9)10-13-3-1-4-14-10/h1,3-4,7-8,17H,2,5-6H2/t8-/m1/s1. The molecule has 0 unspecified atom stereocenters. The van der Waals surface area contributed by atoms with Crippen LogP contribution in [-0.2, 0) is 0 Å². The van der Waals surface area contributed by atoms with Gasteiger partial charge >= 0.3 is 0 Å². The molecule has 1 aliphatic heterocycles. The average Bonchev–Trinajstić information content (AvgIpc) is 3.08. The van der Waals surface area contributed by atoms with Gasteiger partial charge in [0.1, 0.15) is 5.69 Å². The van der Waals surface area contributed by atoms with Crippen molar-refractivity contribution in [2.45, 2.75) is 12.5 Å². The first-order chi connectivity index (χ1) is 9.24. The maximum atomic E-state index is 12.2. The monoisotopic (exact) mass is 276 g/mol. The van der Waals surface area contributed by atoms with Crippen LogP contribution in [0.1, 0.15) is 16.9 Å². The van der Waals surface area contributed by atoms with E-state index < -0.39 is 6.10 Å². The number of nitrogens with zero attached hydrogens (tertiary/aromatic N) is 4. The van der Waals surface area contributed by atoms with Crippen LogP contribution in [0.5, 0.6) is 0 Å². The summed E-state index contributed by atoms with van der Waals surface area (Å²) in [7, 11) is 0. The molecule has 1 atom stereocenters.